The highest BCUT2D eigenvalue weighted by atomic mass is 19.3. The molecule has 1 unspecified atom stereocenters. The molecule has 18 heavy (non-hydrogen) atoms. The van der Waals surface area contributed by atoms with Crippen LogP contribution in [-0.4, -0.2) is 45.1 Å². The van der Waals surface area contributed by atoms with Gasteiger partial charge in [-0.2, -0.15) is 5.10 Å². The van der Waals surface area contributed by atoms with E-state index in [1.54, 1.807) is 6.92 Å². The Kier molecular flexibility index (Phi) is 3.44. The Bertz CT molecular complexity index is 398. The number of hydrogen-bond donors (Lipinski definition) is 2. The van der Waals surface area contributed by atoms with Gasteiger partial charge in [0, 0.05) is 25.9 Å². The minimum Gasteiger partial charge on any atom is -0.328 e. The highest BCUT2D eigenvalue weighted by Crippen LogP contribution is 2.27. The predicted molar refractivity (Wildman–Crippen MR) is 59.1 cm³/mol. The summed E-state index contributed by atoms with van der Waals surface area (Å²) >= 11 is 0. The number of aromatic nitrogens is 3. The molecule has 1 aliphatic rings. The fourth-order valence-electron chi connectivity index (χ4n) is 1.81. The highest BCUT2D eigenvalue weighted by Gasteiger charge is 2.35. The summed E-state index contributed by atoms with van der Waals surface area (Å²) in [6.07, 6.45) is 0.785. The van der Waals surface area contributed by atoms with Crippen molar-refractivity contribution in [2.24, 2.45) is 0 Å². The number of halogens is 2. The minimum absolute atomic E-state index is 0.0714. The van der Waals surface area contributed by atoms with E-state index in [9.17, 15) is 13.6 Å². The van der Waals surface area contributed by atoms with Gasteiger partial charge >= 0.3 is 6.03 Å². The SMILES string of the molecule is CC(NC(=O)N1CCC(F)(F)CC1)c1ncn[nH]1. The molecule has 6 nitrogen and oxygen atoms in total. The van der Waals surface area contributed by atoms with Gasteiger partial charge in [0.15, 0.2) is 0 Å². The number of piperidine rings is 1. The Balaban J connectivity index is 1.86. The molecule has 2 heterocycles. The number of hydrogen-bond acceptors (Lipinski definition) is 3. The van der Waals surface area contributed by atoms with Crippen LogP contribution in [0, 0.1) is 0 Å². The molecule has 0 saturated carbocycles. The number of carbonyl (C=O) groups excluding carboxylic acids is 1. The van der Waals surface area contributed by atoms with Crippen molar-refractivity contribution in [1.82, 2.24) is 25.4 Å². The van der Waals surface area contributed by atoms with Gasteiger partial charge < -0.3 is 10.2 Å². The number of alkyl halides is 2. The molecule has 1 aromatic heterocycles. The predicted octanol–water partition coefficient (Wildman–Crippen LogP) is 1.31. The minimum atomic E-state index is -2.65. The summed E-state index contributed by atoms with van der Waals surface area (Å²) in [5, 5.41) is 9.01. The molecule has 1 saturated heterocycles. The summed E-state index contributed by atoms with van der Waals surface area (Å²) < 4.78 is 25.9. The van der Waals surface area contributed by atoms with Crippen molar-refractivity contribution >= 4 is 6.03 Å². The Hall–Kier alpha value is -1.73. The summed E-state index contributed by atoms with van der Waals surface area (Å²) in [5.74, 6) is -2.11. The van der Waals surface area contributed by atoms with Gasteiger partial charge in [0.05, 0.1) is 6.04 Å². The van der Waals surface area contributed by atoms with Gasteiger partial charge in [-0.05, 0) is 6.92 Å². The first kappa shape index (κ1) is 12.7. The number of likely N-dealkylation sites (tertiary alicyclic amines) is 1. The first-order valence-electron chi connectivity index (χ1n) is 5.76. The molecule has 2 N–H and O–H groups in total. The van der Waals surface area contributed by atoms with Crippen LogP contribution < -0.4 is 5.32 Å². The summed E-state index contributed by atoms with van der Waals surface area (Å²) in [6, 6.07) is -0.683. The second-order valence-electron chi connectivity index (χ2n) is 4.38. The Morgan fingerprint density at radius 3 is 2.78 bits per heavy atom. The van der Waals surface area contributed by atoms with Crippen LogP contribution in [0.15, 0.2) is 6.33 Å². The topological polar surface area (TPSA) is 73.9 Å². The summed E-state index contributed by atoms with van der Waals surface area (Å²) in [6.45, 7) is 1.89. The molecule has 2 rings (SSSR count). The quantitative estimate of drug-likeness (QED) is 0.840. The zero-order valence-electron chi connectivity index (χ0n) is 9.99. The fourth-order valence-corrected chi connectivity index (χ4v) is 1.81. The van der Waals surface area contributed by atoms with Gasteiger partial charge in [-0.15, -0.1) is 0 Å². The second kappa shape index (κ2) is 4.87. The molecule has 0 aromatic carbocycles. The van der Waals surface area contributed by atoms with Crippen LogP contribution in [0.1, 0.15) is 31.6 Å². The second-order valence-corrected chi connectivity index (χ2v) is 4.38. The largest absolute Gasteiger partial charge is 0.328 e. The third-order valence-electron chi connectivity index (χ3n) is 2.97. The molecule has 100 valence electrons. The summed E-state index contributed by atoms with van der Waals surface area (Å²) in [4.78, 5) is 17.1. The molecule has 8 heteroatoms. The van der Waals surface area contributed by atoms with Crippen LogP contribution >= 0.6 is 0 Å². The van der Waals surface area contributed by atoms with Crippen molar-refractivity contribution in [1.29, 1.82) is 0 Å². The van der Waals surface area contributed by atoms with E-state index in [4.69, 9.17) is 0 Å². The number of carbonyl (C=O) groups is 1. The molecule has 1 fully saturated rings. The zero-order chi connectivity index (χ0) is 13.2. The van der Waals surface area contributed by atoms with Crippen molar-refractivity contribution in [3.8, 4) is 0 Å². The third kappa shape index (κ3) is 2.93. The van der Waals surface area contributed by atoms with E-state index in [0.717, 1.165) is 0 Å². The van der Waals surface area contributed by atoms with Gasteiger partial charge in [0.1, 0.15) is 12.2 Å². The van der Waals surface area contributed by atoms with E-state index in [1.807, 2.05) is 0 Å². The lowest BCUT2D eigenvalue weighted by Crippen LogP contribution is -2.47. The van der Waals surface area contributed by atoms with Crippen molar-refractivity contribution < 1.29 is 13.6 Å². The number of amides is 2. The lowest BCUT2D eigenvalue weighted by molar-refractivity contribution is -0.0470. The van der Waals surface area contributed by atoms with Crippen LogP contribution in [0.3, 0.4) is 0 Å². The van der Waals surface area contributed by atoms with Gasteiger partial charge in [-0.1, -0.05) is 0 Å². The van der Waals surface area contributed by atoms with Gasteiger partial charge in [0.2, 0.25) is 0 Å². The van der Waals surface area contributed by atoms with E-state index in [2.05, 4.69) is 20.5 Å². The maximum absolute atomic E-state index is 12.9. The molecular formula is C10H15F2N5O. The highest BCUT2D eigenvalue weighted by molar-refractivity contribution is 5.74. The van der Waals surface area contributed by atoms with Crippen molar-refractivity contribution in [2.75, 3.05) is 13.1 Å². The zero-order valence-corrected chi connectivity index (χ0v) is 9.99. The number of rotatable bonds is 2. The number of nitrogens with one attached hydrogen (secondary N) is 2. The lowest BCUT2D eigenvalue weighted by Gasteiger charge is -2.32. The smallest absolute Gasteiger partial charge is 0.317 e. The van der Waals surface area contributed by atoms with E-state index in [1.165, 1.54) is 11.2 Å². The summed E-state index contributed by atoms with van der Waals surface area (Å²) in [5.41, 5.74) is 0. The fraction of sp³-hybridized carbons (Fsp3) is 0.700. The molecule has 1 aliphatic heterocycles. The lowest BCUT2D eigenvalue weighted by atomic mass is 10.1. The van der Waals surface area contributed by atoms with Crippen molar-refractivity contribution in [3.63, 3.8) is 0 Å². The number of aromatic amines is 1. The van der Waals surface area contributed by atoms with Crippen molar-refractivity contribution in [3.05, 3.63) is 12.2 Å². The molecule has 0 radical (unpaired) electrons. The Morgan fingerprint density at radius 1 is 1.56 bits per heavy atom. The number of urea groups is 1. The van der Waals surface area contributed by atoms with Crippen molar-refractivity contribution in [2.45, 2.75) is 31.7 Å². The maximum atomic E-state index is 12.9. The maximum Gasteiger partial charge on any atom is 0.317 e. The van der Waals surface area contributed by atoms with Gasteiger partial charge in [-0.3, -0.25) is 5.10 Å². The third-order valence-corrected chi connectivity index (χ3v) is 2.97. The van der Waals surface area contributed by atoms with Crippen LogP contribution in [0.25, 0.3) is 0 Å². The van der Waals surface area contributed by atoms with Gasteiger partial charge in [0.25, 0.3) is 5.92 Å². The van der Waals surface area contributed by atoms with Crippen LogP contribution in [0.5, 0.6) is 0 Å². The van der Waals surface area contributed by atoms with Gasteiger partial charge in [-0.25, -0.2) is 18.6 Å². The first-order chi connectivity index (χ1) is 8.48. The Labute approximate surface area is 103 Å². The summed E-state index contributed by atoms with van der Waals surface area (Å²) in [7, 11) is 0. The standard InChI is InChI=1S/C10H15F2N5O/c1-7(8-13-6-14-16-8)15-9(18)17-4-2-10(11,12)3-5-17/h6-7H,2-5H2,1H3,(H,15,18)(H,13,14,16). The number of nitrogens with zero attached hydrogens (tertiary/aromatic N) is 3. The molecular weight excluding hydrogens is 244 g/mol. The molecule has 2 amide bonds. The van der Waals surface area contributed by atoms with Crippen LogP contribution in [0.4, 0.5) is 13.6 Å². The van der Waals surface area contributed by atoms with E-state index in [0.29, 0.717) is 5.82 Å². The van der Waals surface area contributed by atoms with E-state index >= 15 is 0 Å². The normalized spacial score (nSPS) is 20.5. The average Bonchev–Trinajstić information content (AvgIpc) is 2.82. The molecule has 1 atom stereocenters. The molecule has 1 aromatic rings. The Morgan fingerprint density at radius 2 is 2.22 bits per heavy atom. The molecule has 0 bridgehead atoms. The average molecular weight is 259 g/mol. The van der Waals surface area contributed by atoms with Crippen LogP contribution in [0.2, 0.25) is 0 Å². The van der Waals surface area contributed by atoms with E-state index in [-0.39, 0.29) is 38.0 Å². The van der Waals surface area contributed by atoms with Crippen LogP contribution in [-0.2, 0) is 0 Å². The molecule has 0 aliphatic carbocycles. The molecule has 0 spiro atoms. The first-order valence-corrected chi connectivity index (χ1v) is 5.76. The monoisotopic (exact) mass is 259 g/mol. The number of H-pyrrole nitrogens is 1. The van der Waals surface area contributed by atoms with E-state index < -0.39 is 5.92 Å².